The van der Waals surface area contributed by atoms with Gasteiger partial charge in [0.05, 0.1) is 0 Å². The van der Waals surface area contributed by atoms with Crippen LogP contribution in [0.3, 0.4) is 0 Å². The number of carbonyl (C=O) groups is 1. The molecule has 18 heavy (non-hydrogen) atoms. The van der Waals surface area contributed by atoms with Gasteiger partial charge in [0.2, 0.25) is 5.91 Å². The van der Waals surface area contributed by atoms with Crippen molar-refractivity contribution < 1.29 is 9.90 Å². The second-order valence-electron chi connectivity index (χ2n) is 5.85. The van der Waals surface area contributed by atoms with E-state index in [1.165, 1.54) is 0 Å². The summed E-state index contributed by atoms with van der Waals surface area (Å²) in [5.41, 5.74) is 6.07. The zero-order chi connectivity index (χ0) is 13.7. The number of aliphatic hydroxyl groups excluding tert-OH is 1. The van der Waals surface area contributed by atoms with Crippen molar-refractivity contribution in [3.8, 4) is 0 Å². The smallest absolute Gasteiger partial charge is 0.225 e. The maximum Gasteiger partial charge on any atom is 0.225 e. The van der Waals surface area contributed by atoms with Gasteiger partial charge in [-0.2, -0.15) is 0 Å². The number of nitrogens with two attached hydrogens (primary N) is 1. The molecule has 0 aromatic heterocycles. The summed E-state index contributed by atoms with van der Waals surface area (Å²) in [5, 5.41) is 8.91. The fourth-order valence-electron chi connectivity index (χ4n) is 2.68. The maximum absolute atomic E-state index is 12.5. The topological polar surface area (TPSA) is 66.6 Å². The van der Waals surface area contributed by atoms with Crippen LogP contribution in [0.5, 0.6) is 0 Å². The number of hydrogen-bond donors (Lipinski definition) is 2. The molecule has 106 valence electrons. The number of aliphatic hydroxyl groups is 1. The van der Waals surface area contributed by atoms with Crippen LogP contribution in [-0.2, 0) is 4.79 Å². The molecule has 3 unspecified atom stereocenters. The first-order valence-corrected chi connectivity index (χ1v) is 7.14. The number of rotatable bonds is 5. The van der Waals surface area contributed by atoms with E-state index < -0.39 is 0 Å². The molecular weight excluding hydrogens is 228 g/mol. The van der Waals surface area contributed by atoms with Gasteiger partial charge >= 0.3 is 0 Å². The highest BCUT2D eigenvalue weighted by Gasteiger charge is 2.32. The Labute approximate surface area is 111 Å². The molecule has 3 N–H and O–H groups in total. The molecule has 0 heterocycles. The van der Waals surface area contributed by atoms with Gasteiger partial charge in [-0.1, -0.05) is 6.92 Å². The van der Waals surface area contributed by atoms with Gasteiger partial charge in [-0.3, -0.25) is 4.79 Å². The van der Waals surface area contributed by atoms with Crippen molar-refractivity contribution >= 4 is 5.91 Å². The lowest BCUT2D eigenvalue weighted by atomic mass is 9.79. The van der Waals surface area contributed by atoms with E-state index in [2.05, 4.69) is 6.92 Å². The largest absolute Gasteiger partial charge is 0.396 e. The predicted molar refractivity (Wildman–Crippen MR) is 73.0 cm³/mol. The molecule has 0 radical (unpaired) electrons. The van der Waals surface area contributed by atoms with Crippen molar-refractivity contribution in [2.45, 2.75) is 58.5 Å². The van der Waals surface area contributed by atoms with E-state index in [0.717, 1.165) is 19.3 Å². The number of amides is 1. The molecule has 0 spiro atoms. The summed E-state index contributed by atoms with van der Waals surface area (Å²) in [5.74, 6) is 0.831. The number of hydrogen-bond acceptors (Lipinski definition) is 3. The van der Waals surface area contributed by atoms with Crippen LogP contribution in [-0.4, -0.2) is 41.1 Å². The first kappa shape index (κ1) is 15.4. The van der Waals surface area contributed by atoms with E-state index >= 15 is 0 Å². The SMILES string of the molecule is CC1CCC(C(=O)N(CCCO)C(C)C)CC1N. The zero-order valence-electron chi connectivity index (χ0n) is 11.9. The molecule has 4 heteroatoms. The molecule has 0 aliphatic heterocycles. The summed E-state index contributed by atoms with van der Waals surface area (Å²) in [4.78, 5) is 14.4. The minimum absolute atomic E-state index is 0.0808. The highest BCUT2D eigenvalue weighted by molar-refractivity contribution is 5.79. The summed E-state index contributed by atoms with van der Waals surface area (Å²) < 4.78 is 0. The minimum atomic E-state index is 0.0808. The molecule has 1 aliphatic carbocycles. The number of nitrogens with zero attached hydrogens (tertiary/aromatic N) is 1. The third-order valence-electron chi connectivity index (χ3n) is 4.07. The molecule has 1 rings (SSSR count). The molecule has 1 aliphatic rings. The fourth-order valence-corrected chi connectivity index (χ4v) is 2.68. The van der Waals surface area contributed by atoms with Gasteiger partial charge in [0.15, 0.2) is 0 Å². The lowest BCUT2D eigenvalue weighted by Gasteiger charge is -2.36. The van der Waals surface area contributed by atoms with Gasteiger partial charge < -0.3 is 15.7 Å². The Morgan fingerprint density at radius 1 is 1.44 bits per heavy atom. The van der Waals surface area contributed by atoms with Crippen molar-refractivity contribution in [1.82, 2.24) is 4.90 Å². The van der Waals surface area contributed by atoms with Crippen molar-refractivity contribution in [1.29, 1.82) is 0 Å². The third kappa shape index (κ3) is 3.95. The lowest BCUT2D eigenvalue weighted by Crippen LogP contribution is -2.46. The Balaban J connectivity index is 2.59. The van der Waals surface area contributed by atoms with Crippen LogP contribution in [0.2, 0.25) is 0 Å². The first-order valence-electron chi connectivity index (χ1n) is 7.14. The van der Waals surface area contributed by atoms with Crippen LogP contribution < -0.4 is 5.73 Å². The molecule has 1 amide bonds. The Bertz CT molecular complexity index is 269. The van der Waals surface area contributed by atoms with Gasteiger partial charge in [0.1, 0.15) is 0 Å². The molecule has 0 bridgehead atoms. The lowest BCUT2D eigenvalue weighted by molar-refractivity contribution is -0.139. The minimum Gasteiger partial charge on any atom is -0.396 e. The molecule has 3 atom stereocenters. The Hall–Kier alpha value is -0.610. The maximum atomic E-state index is 12.5. The summed E-state index contributed by atoms with van der Waals surface area (Å²) in [6, 6.07) is 0.346. The molecule has 0 aromatic rings. The van der Waals surface area contributed by atoms with E-state index in [1.54, 1.807) is 0 Å². The standard InChI is InChI=1S/C14H28N2O2/c1-10(2)16(7-4-8-17)14(18)12-6-5-11(3)13(15)9-12/h10-13,17H,4-9,15H2,1-3H3. The highest BCUT2D eigenvalue weighted by Crippen LogP contribution is 2.29. The fraction of sp³-hybridized carbons (Fsp3) is 0.929. The third-order valence-corrected chi connectivity index (χ3v) is 4.07. The Kier molecular flexibility index (Phi) is 6.09. The van der Waals surface area contributed by atoms with E-state index in [4.69, 9.17) is 10.8 Å². The summed E-state index contributed by atoms with van der Waals surface area (Å²) in [6.07, 6.45) is 3.46. The Morgan fingerprint density at radius 3 is 2.61 bits per heavy atom. The Morgan fingerprint density at radius 2 is 2.11 bits per heavy atom. The van der Waals surface area contributed by atoms with Crippen LogP contribution in [0.25, 0.3) is 0 Å². The van der Waals surface area contributed by atoms with Crippen LogP contribution in [0.4, 0.5) is 0 Å². The molecule has 0 saturated heterocycles. The monoisotopic (exact) mass is 256 g/mol. The van der Waals surface area contributed by atoms with Crippen LogP contribution in [0.1, 0.15) is 46.5 Å². The van der Waals surface area contributed by atoms with E-state index in [-0.39, 0.29) is 30.5 Å². The van der Waals surface area contributed by atoms with Crippen molar-refractivity contribution in [2.24, 2.45) is 17.6 Å². The second-order valence-corrected chi connectivity index (χ2v) is 5.85. The van der Waals surface area contributed by atoms with Crippen LogP contribution in [0, 0.1) is 11.8 Å². The first-order chi connectivity index (χ1) is 8.47. The van der Waals surface area contributed by atoms with Gasteiger partial charge in [0.25, 0.3) is 0 Å². The van der Waals surface area contributed by atoms with Gasteiger partial charge in [-0.05, 0) is 45.4 Å². The highest BCUT2D eigenvalue weighted by atomic mass is 16.3. The molecule has 1 saturated carbocycles. The van der Waals surface area contributed by atoms with Crippen molar-refractivity contribution in [3.63, 3.8) is 0 Å². The average Bonchev–Trinajstić information content (AvgIpc) is 2.32. The molecule has 4 nitrogen and oxygen atoms in total. The summed E-state index contributed by atoms with van der Waals surface area (Å²) in [7, 11) is 0. The van der Waals surface area contributed by atoms with Crippen molar-refractivity contribution in [2.75, 3.05) is 13.2 Å². The van der Waals surface area contributed by atoms with E-state index in [9.17, 15) is 4.79 Å². The van der Waals surface area contributed by atoms with Crippen molar-refractivity contribution in [3.05, 3.63) is 0 Å². The predicted octanol–water partition coefficient (Wildman–Crippen LogP) is 1.37. The molecule has 1 fully saturated rings. The van der Waals surface area contributed by atoms with E-state index in [1.807, 2.05) is 18.7 Å². The normalized spacial score (nSPS) is 28.4. The van der Waals surface area contributed by atoms with Gasteiger partial charge in [0, 0.05) is 31.2 Å². The van der Waals surface area contributed by atoms with Gasteiger partial charge in [-0.15, -0.1) is 0 Å². The molecule has 0 aromatic carbocycles. The van der Waals surface area contributed by atoms with Crippen LogP contribution in [0.15, 0.2) is 0 Å². The summed E-state index contributed by atoms with van der Waals surface area (Å²) in [6.45, 7) is 7.00. The second kappa shape index (κ2) is 7.10. The van der Waals surface area contributed by atoms with E-state index in [0.29, 0.717) is 18.9 Å². The average molecular weight is 256 g/mol. The van der Waals surface area contributed by atoms with Gasteiger partial charge in [-0.25, -0.2) is 0 Å². The molecular formula is C14H28N2O2. The zero-order valence-corrected chi connectivity index (χ0v) is 11.9. The quantitative estimate of drug-likeness (QED) is 0.780. The number of carbonyl (C=O) groups excluding carboxylic acids is 1. The van der Waals surface area contributed by atoms with Crippen LogP contribution >= 0.6 is 0 Å². The summed E-state index contributed by atoms with van der Waals surface area (Å²) >= 11 is 0.